The molecule has 0 saturated carbocycles. The van der Waals surface area contributed by atoms with Gasteiger partial charge in [0.05, 0.1) is 6.54 Å². The highest BCUT2D eigenvalue weighted by Gasteiger charge is 2.15. The summed E-state index contributed by atoms with van der Waals surface area (Å²) in [6.45, 7) is 4.02. The van der Waals surface area contributed by atoms with Gasteiger partial charge in [0, 0.05) is 36.3 Å². The molecular formula is C22H25N3O2. The Morgan fingerprint density at radius 1 is 1.07 bits per heavy atom. The number of para-hydroxylation sites is 1. The Kier molecular flexibility index (Phi) is 5.60. The van der Waals surface area contributed by atoms with Gasteiger partial charge in [-0.05, 0) is 49.1 Å². The van der Waals surface area contributed by atoms with Crippen molar-refractivity contribution in [3.63, 3.8) is 0 Å². The van der Waals surface area contributed by atoms with Gasteiger partial charge in [-0.3, -0.25) is 9.59 Å². The predicted octanol–water partition coefficient (Wildman–Crippen LogP) is 3.81. The zero-order chi connectivity index (χ0) is 19.4. The standard InChI is InChI=1S/C22H25N3O2/c1-15-7-6-10-19(16(15)2)24-21(26)14-25(3)22(27)12-11-17-13-23-20-9-5-4-8-18(17)20/h4-10,13,23H,11-12,14H2,1-3H3,(H,24,26). The van der Waals surface area contributed by atoms with Crippen LogP contribution in [0, 0.1) is 13.8 Å². The number of aryl methyl sites for hydroxylation is 2. The lowest BCUT2D eigenvalue weighted by Crippen LogP contribution is -2.35. The normalized spacial score (nSPS) is 10.8. The molecule has 0 radical (unpaired) electrons. The number of nitrogens with one attached hydrogen (secondary N) is 2. The van der Waals surface area contributed by atoms with Gasteiger partial charge in [0.25, 0.3) is 0 Å². The fraction of sp³-hybridized carbons (Fsp3) is 0.273. The second-order valence-electron chi connectivity index (χ2n) is 6.90. The Labute approximate surface area is 159 Å². The van der Waals surface area contributed by atoms with Crippen LogP contribution in [0.4, 0.5) is 5.69 Å². The molecule has 3 rings (SSSR count). The SMILES string of the molecule is Cc1cccc(NC(=O)CN(C)C(=O)CCc2c[nH]c3ccccc23)c1C. The van der Waals surface area contributed by atoms with Gasteiger partial charge in [-0.15, -0.1) is 0 Å². The maximum atomic E-state index is 12.4. The maximum Gasteiger partial charge on any atom is 0.243 e. The number of amides is 2. The predicted molar refractivity (Wildman–Crippen MR) is 109 cm³/mol. The molecule has 0 aliphatic heterocycles. The molecule has 0 bridgehead atoms. The minimum Gasteiger partial charge on any atom is -0.361 e. The smallest absolute Gasteiger partial charge is 0.243 e. The largest absolute Gasteiger partial charge is 0.361 e. The van der Waals surface area contributed by atoms with Crippen molar-refractivity contribution >= 4 is 28.4 Å². The molecule has 2 aromatic carbocycles. The number of rotatable bonds is 6. The first-order valence-corrected chi connectivity index (χ1v) is 9.10. The number of nitrogens with zero attached hydrogens (tertiary/aromatic N) is 1. The van der Waals surface area contributed by atoms with E-state index in [9.17, 15) is 9.59 Å². The summed E-state index contributed by atoms with van der Waals surface area (Å²) < 4.78 is 0. The fourth-order valence-electron chi connectivity index (χ4n) is 3.15. The van der Waals surface area contributed by atoms with Gasteiger partial charge in [-0.2, -0.15) is 0 Å². The van der Waals surface area contributed by atoms with Gasteiger partial charge in [0.2, 0.25) is 11.8 Å². The minimum absolute atomic E-state index is 0.0418. The molecule has 1 heterocycles. The van der Waals surface area contributed by atoms with Crippen molar-refractivity contribution < 1.29 is 9.59 Å². The van der Waals surface area contributed by atoms with E-state index >= 15 is 0 Å². The van der Waals surface area contributed by atoms with E-state index in [-0.39, 0.29) is 18.4 Å². The number of H-pyrrole nitrogens is 1. The molecule has 27 heavy (non-hydrogen) atoms. The maximum absolute atomic E-state index is 12.4. The molecule has 2 amide bonds. The lowest BCUT2D eigenvalue weighted by Gasteiger charge is -2.17. The lowest BCUT2D eigenvalue weighted by atomic mass is 10.1. The fourth-order valence-corrected chi connectivity index (χ4v) is 3.15. The molecular weight excluding hydrogens is 338 g/mol. The molecule has 0 spiro atoms. The topological polar surface area (TPSA) is 65.2 Å². The Morgan fingerprint density at radius 2 is 1.85 bits per heavy atom. The number of hydrogen-bond donors (Lipinski definition) is 2. The van der Waals surface area contributed by atoms with Crippen molar-refractivity contribution in [1.82, 2.24) is 9.88 Å². The second kappa shape index (κ2) is 8.08. The number of fused-ring (bicyclic) bond motifs is 1. The van der Waals surface area contributed by atoms with Gasteiger partial charge < -0.3 is 15.2 Å². The Hall–Kier alpha value is -3.08. The van der Waals surface area contributed by atoms with Crippen molar-refractivity contribution in [1.29, 1.82) is 0 Å². The third kappa shape index (κ3) is 4.37. The number of aromatic nitrogens is 1. The number of aromatic amines is 1. The van der Waals surface area contributed by atoms with Crippen LogP contribution in [0.2, 0.25) is 0 Å². The highest BCUT2D eigenvalue weighted by Crippen LogP contribution is 2.20. The molecule has 0 aliphatic carbocycles. The van der Waals surface area contributed by atoms with Crippen LogP contribution in [0.15, 0.2) is 48.7 Å². The first-order chi connectivity index (χ1) is 13.0. The van der Waals surface area contributed by atoms with E-state index in [2.05, 4.69) is 10.3 Å². The second-order valence-corrected chi connectivity index (χ2v) is 6.90. The third-order valence-corrected chi connectivity index (χ3v) is 4.97. The summed E-state index contributed by atoms with van der Waals surface area (Å²) in [4.78, 5) is 29.4. The molecule has 0 unspecified atom stereocenters. The van der Waals surface area contributed by atoms with Crippen molar-refractivity contribution in [3.05, 3.63) is 65.4 Å². The molecule has 0 aliphatic rings. The Balaban J connectivity index is 1.54. The zero-order valence-electron chi connectivity index (χ0n) is 16.0. The van der Waals surface area contributed by atoms with Crippen LogP contribution in [-0.2, 0) is 16.0 Å². The van der Waals surface area contributed by atoms with Crippen molar-refractivity contribution in [2.45, 2.75) is 26.7 Å². The highest BCUT2D eigenvalue weighted by atomic mass is 16.2. The molecule has 1 aromatic heterocycles. The Bertz CT molecular complexity index is 975. The summed E-state index contributed by atoms with van der Waals surface area (Å²) in [7, 11) is 1.67. The van der Waals surface area contributed by atoms with E-state index < -0.39 is 0 Å². The molecule has 0 saturated heterocycles. The molecule has 0 atom stereocenters. The number of carbonyl (C=O) groups is 2. The summed E-state index contributed by atoms with van der Waals surface area (Å²) in [5, 5.41) is 4.03. The van der Waals surface area contributed by atoms with Gasteiger partial charge in [0.15, 0.2) is 0 Å². The lowest BCUT2D eigenvalue weighted by molar-refractivity contribution is -0.133. The van der Waals surface area contributed by atoms with Crippen molar-refractivity contribution in [2.75, 3.05) is 18.9 Å². The first-order valence-electron chi connectivity index (χ1n) is 9.10. The number of benzene rings is 2. The van der Waals surface area contributed by atoms with Gasteiger partial charge >= 0.3 is 0 Å². The van der Waals surface area contributed by atoms with Crippen LogP contribution < -0.4 is 5.32 Å². The zero-order valence-corrected chi connectivity index (χ0v) is 16.0. The van der Waals surface area contributed by atoms with E-state index in [4.69, 9.17) is 0 Å². The first kappa shape index (κ1) is 18.7. The average Bonchev–Trinajstić information content (AvgIpc) is 3.06. The monoisotopic (exact) mass is 363 g/mol. The van der Waals surface area contributed by atoms with Gasteiger partial charge in [0.1, 0.15) is 0 Å². The van der Waals surface area contributed by atoms with Crippen LogP contribution in [0.5, 0.6) is 0 Å². The highest BCUT2D eigenvalue weighted by molar-refractivity contribution is 5.95. The Morgan fingerprint density at radius 3 is 2.67 bits per heavy atom. The van der Waals surface area contributed by atoms with Gasteiger partial charge in [-0.1, -0.05) is 30.3 Å². The van der Waals surface area contributed by atoms with Gasteiger partial charge in [-0.25, -0.2) is 0 Å². The average molecular weight is 363 g/mol. The van der Waals surface area contributed by atoms with Crippen LogP contribution in [0.3, 0.4) is 0 Å². The van der Waals surface area contributed by atoms with E-state index in [1.807, 2.05) is 62.5 Å². The third-order valence-electron chi connectivity index (χ3n) is 4.97. The summed E-state index contributed by atoms with van der Waals surface area (Å²) in [6, 6.07) is 13.8. The molecule has 140 valence electrons. The van der Waals surface area contributed by atoms with Crippen molar-refractivity contribution in [2.24, 2.45) is 0 Å². The number of anilines is 1. The molecule has 5 heteroatoms. The minimum atomic E-state index is -0.188. The summed E-state index contributed by atoms with van der Waals surface area (Å²) in [6.07, 6.45) is 2.96. The number of carbonyl (C=O) groups excluding carboxylic acids is 2. The van der Waals surface area contributed by atoms with Crippen molar-refractivity contribution in [3.8, 4) is 0 Å². The number of hydrogen-bond acceptors (Lipinski definition) is 2. The summed E-state index contributed by atoms with van der Waals surface area (Å²) >= 11 is 0. The number of likely N-dealkylation sites (N-methyl/N-ethyl adjacent to an activating group) is 1. The van der Waals surface area contributed by atoms with Crippen LogP contribution >= 0.6 is 0 Å². The van der Waals surface area contributed by atoms with Crippen LogP contribution in [-0.4, -0.2) is 35.3 Å². The summed E-state index contributed by atoms with van der Waals surface area (Å²) in [5.41, 5.74) is 5.14. The molecule has 2 N–H and O–H groups in total. The van der Waals surface area contributed by atoms with E-state index in [0.29, 0.717) is 12.8 Å². The summed E-state index contributed by atoms with van der Waals surface area (Å²) in [5.74, 6) is -0.233. The van der Waals surface area contributed by atoms with E-state index in [1.54, 1.807) is 7.05 Å². The van der Waals surface area contributed by atoms with E-state index in [1.165, 1.54) is 4.90 Å². The van der Waals surface area contributed by atoms with E-state index in [0.717, 1.165) is 33.3 Å². The van der Waals surface area contributed by atoms with Crippen LogP contribution in [0.25, 0.3) is 10.9 Å². The molecule has 0 fully saturated rings. The molecule has 3 aromatic rings. The quantitative estimate of drug-likeness (QED) is 0.699. The molecule has 5 nitrogen and oxygen atoms in total. The van der Waals surface area contributed by atoms with Crippen LogP contribution in [0.1, 0.15) is 23.1 Å².